The number of ether oxygens (including phenoxy) is 1. The molecule has 1 aliphatic rings. The van der Waals surface area contributed by atoms with Crippen molar-refractivity contribution in [3.05, 3.63) is 71.3 Å². The number of fused-ring (bicyclic) bond motifs is 1. The van der Waals surface area contributed by atoms with Gasteiger partial charge in [-0.25, -0.2) is 0 Å². The van der Waals surface area contributed by atoms with Gasteiger partial charge < -0.3 is 15.2 Å². The molecule has 2 aromatic carbocycles. The predicted molar refractivity (Wildman–Crippen MR) is 96.9 cm³/mol. The van der Waals surface area contributed by atoms with Crippen LogP contribution in [0.3, 0.4) is 0 Å². The lowest BCUT2D eigenvalue weighted by molar-refractivity contribution is -0.00309. The average Bonchev–Trinajstić information content (AvgIpc) is 2.65. The Hall–Kier alpha value is -1.68. The molecule has 128 valence electrons. The summed E-state index contributed by atoms with van der Waals surface area (Å²) in [5, 5.41) is 13.7. The van der Waals surface area contributed by atoms with Gasteiger partial charge in [-0.3, -0.25) is 0 Å². The Labute approximate surface area is 144 Å². The zero-order valence-electron chi connectivity index (χ0n) is 14.3. The topological polar surface area (TPSA) is 41.5 Å². The minimum absolute atomic E-state index is 0.00347. The molecule has 24 heavy (non-hydrogen) atoms. The fourth-order valence-corrected chi connectivity index (χ4v) is 3.38. The summed E-state index contributed by atoms with van der Waals surface area (Å²) in [7, 11) is 0. The van der Waals surface area contributed by atoms with Gasteiger partial charge in [-0.15, -0.1) is 0 Å². The van der Waals surface area contributed by atoms with Gasteiger partial charge in [-0.2, -0.15) is 0 Å². The highest BCUT2D eigenvalue weighted by Gasteiger charge is 2.20. The summed E-state index contributed by atoms with van der Waals surface area (Å²) >= 11 is 0. The van der Waals surface area contributed by atoms with Gasteiger partial charge in [0.05, 0.1) is 18.8 Å². The number of hydrogen-bond acceptors (Lipinski definition) is 3. The number of aliphatic hydroxyl groups is 1. The number of aryl methyl sites for hydroxylation is 1. The molecule has 2 N–H and O–H groups in total. The van der Waals surface area contributed by atoms with Gasteiger partial charge in [0.25, 0.3) is 0 Å². The van der Waals surface area contributed by atoms with Crippen LogP contribution in [0.2, 0.25) is 0 Å². The Morgan fingerprint density at radius 3 is 2.71 bits per heavy atom. The van der Waals surface area contributed by atoms with Gasteiger partial charge in [-0.05, 0) is 42.9 Å². The highest BCUT2D eigenvalue weighted by molar-refractivity contribution is 5.32. The molecule has 0 radical (unpaired) electrons. The lowest BCUT2D eigenvalue weighted by Gasteiger charge is -2.27. The third-order valence-electron chi connectivity index (χ3n) is 4.78. The van der Waals surface area contributed by atoms with Crippen molar-refractivity contribution in [1.82, 2.24) is 5.32 Å². The first-order chi connectivity index (χ1) is 11.7. The summed E-state index contributed by atoms with van der Waals surface area (Å²) in [5.41, 5.74) is 3.96. The molecule has 0 fully saturated rings. The van der Waals surface area contributed by atoms with Gasteiger partial charge in [0, 0.05) is 12.6 Å². The molecule has 0 amide bonds. The van der Waals surface area contributed by atoms with Crippen molar-refractivity contribution in [2.45, 2.75) is 44.4 Å². The first kappa shape index (κ1) is 17.2. The summed E-state index contributed by atoms with van der Waals surface area (Å²) in [4.78, 5) is 0. The molecule has 3 atom stereocenters. The van der Waals surface area contributed by atoms with Crippen LogP contribution < -0.4 is 5.32 Å². The van der Waals surface area contributed by atoms with Crippen molar-refractivity contribution >= 4 is 0 Å². The zero-order chi connectivity index (χ0) is 16.8. The maximum absolute atomic E-state index is 10.2. The van der Waals surface area contributed by atoms with E-state index in [0.29, 0.717) is 19.2 Å². The van der Waals surface area contributed by atoms with Gasteiger partial charge in [0.2, 0.25) is 0 Å². The molecule has 3 nitrogen and oxygen atoms in total. The second-order valence-corrected chi connectivity index (χ2v) is 6.59. The van der Waals surface area contributed by atoms with Crippen LogP contribution >= 0.6 is 0 Å². The first-order valence-corrected chi connectivity index (χ1v) is 8.90. The smallest absolute Gasteiger partial charge is 0.0898 e. The summed E-state index contributed by atoms with van der Waals surface area (Å²) in [6.07, 6.45) is 2.99. The maximum atomic E-state index is 10.2. The molecule has 2 aromatic rings. The number of hydrogen-bond donors (Lipinski definition) is 2. The number of nitrogens with one attached hydrogen (secondary N) is 1. The first-order valence-electron chi connectivity index (χ1n) is 8.90. The second-order valence-electron chi connectivity index (χ2n) is 6.59. The van der Waals surface area contributed by atoms with Crippen LogP contribution in [0.1, 0.15) is 48.6 Å². The molecule has 0 bridgehead atoms. The van der Waals surface area contributed by atoms with E-state index in [-0.39, 0.29) is 6.10 Å². The van der Waals surface area contributed by atoms with E-state index in [1.165, 1.54) is 17.5 Å². The van der Waals surface area contributed by atoms with Gasteiger partial charge in [-0.1, -0.05) is 54.6 Å². The summed E-state index contributed by atoms with van der Waals surface area (Å²) in [6.45, 7) is 2.92. The Balaban J connectivity index is 1.46. The standard InChI is InChI=1S/C21H27NO2/c1-16(17-8-3-2-4-9-17)24-15-19(23)14-22-21-13-7-11-18-10-5-6-12-20(18)21/h2-6,8-10,12,16,19,21-23H,7,11,13-15H2,1H3/t16?,19-,21+/m0/s1. The highest BCUT2D eigenvalue weighted by Crippen LogP contribution is 2.29. The minimum Gasteiger partial charge on any atom is -0.389 e. The molecule has 1 unspecified atom stereocenters. The van der Waals surface area contributed by atoms with Gasteiger partial charge >= 0.3 is 0 Å². The Kier molecular flexibility index (Phi) is 6.02. The quantitative estimate of drug-likeness (QED) is 0.814. The van der Waals surface area contributed by atoms with E-state index >= 15 is 0 Å². The minimum atomic E-state index is -0.495. The van der Waals surface area contributed by atoms with E-state index in [9.17, 15) is 5.11 Å². The monoisotopic (exact) mass is 325 g/mol. The molecule has 0 saturated carbocycles. The van der Waals surface area contributed by atoms with E-state index in [4.69, 9.17) is 4.74 Å². The molecule has 0 aliphatic heterocycles. The molecule has 3 heteroatoms. The summed E-state index contributed by atoms with van der Waals surface area (Å²) in [6, 6.07) is 19.1. The van der Waals surface area contributed by atoms with E-state index in [2.05, 4.69) is 29.6 Å². The molecule has 3 rings (SSSR count). The van der Waals surface area contributed by atoms with Crippen molar-refractivity contribution in [3.8, 4) is 0 Å². The van der Waals surface area contributed by atoms with Crippen LogP contribution in [0.15, 0.2) is 54.6 Å². The molecular formula is C21H27NO2. The van der Waals surface area contributed by atoms with Crippen LogP contribution in [0.4, 0.5) is 0 Å². The van der Waals surface area contributed by atoms with E-state index in [1.807, 2.05) is 37.3 Å². The van der Waals surface area contributed by atoms with Crippen LogP contribution in [0.25, 0.3) is 0 Å². The van der Waals surface area contributed by atoms with Crippen LogP contribution in [0.5, 0.6) is 0 Å². The molecule has 0 aromatic heterocycles. The zero-order valence-corrected chi connectivity index (χ0v) is 14.3. The fourth-order valence-electron chi connectivity index (χ4n) is 3.38. The van der Waals surface area contributed by atoms with Crippen molar-refractivity contribution < 1.29 is 9.84 Å². The number of benzene rings is 2. The number of aliphatic hydroxyl groups excluding tert-OH is 1. The molecular weight excluding hydrogens is 298 g/mol. The van der Waals surface area contributed by atoms with E-state index < -0.39 is 6.10 Å². The van der Waals surface area contributed by atoms with E-state index in [1.54, 1.807) is 0 Å². The third kappa shape index (κ3) is 4.44. The lowest BCUT2D eigenvalue weighted by Crippen LogP contribution is -2.34. The van der Waals surface area contributed by atoms with Gasteiger partial charge in [0.1, 0.15) is 0 Å². The number of rotatable bonds is 7. The average molecular weight is 325 g/mol. The largest absolute Gasteiger partial charge is 0.389 e. The molecule has 1 aliphatic carbocycles. The summed E-state index contributed by atoms with van der Waals surface area (Å²) < 4.78 is 5.81. The SMILES string of the molecule is CC(OC[C@@H](O)CN[C@@H]1CCCc2ccccc21)c1ccccc1. The maximum Gasteiger partial charge on any atom is 0.0898 e. The fraction of sp³-hybridized carbons (Fsp3) is 0.429. The van der Waals surface area contributed by atoms with Crippen LogP contribution in [-0.4, -0.2) is 24.4 Å². The Morgan fingerprint density at radius 2 is 1.88 bits per heavy atom. The van der Waals surface area contributed by atoms with Gasteiger partial charge in [0.15, 0.2) is 0 Å². The molecule has 0 heterocycles. The van der Waals surface area contributed by atoms with Crippen LogP contribution in [0, 0.1) is 0 Å². The second kappa shape index (κ2) is 8.43. The van der Waals surface area contributed by atoms with Crippen molar-refractivity contribution in [3.63, 3.8) is 0 Å². The Bertz CT molecular complexity index is 629. The van der Waals surface area contributed by atoms with Crippen LogP contribution in [-0.2, 0) is 11.2 Å². The van der Waals surface area contributed by atoms with E-state index in [0.717, 1.165) is 18.4 Å². The molecule has 0 saturated heterocycles. The highest BCUT2D eigenvalue weighted by atomic mass is 16.5. The predicted octanol–water partition coefficient (Wildman–Crippen LogP) is 3.79. The van der Waals surface area contributed by atoms with Crippen molar-refractivity contribution in [2.75, 3.05) is 13.2 Å². The lowest BCUT2D eigenvalue weighted by atomic mass is 9.88. The van der Waals surface area contributed by atoms with Crippen molar-refractivity contribution in [2.24, 2.45) is 0 Å². The normalized spacial score (nSPS) is 19.5. The summed E-state index contributed by atoms with van der Waals surface area (Å²) in [5.74, 6) is 0. The Morgan fingerprint density at radius 1 is 1.12 bits per heavy atom. The third-order valence-corrected chi connectivity index (χ3v) is 4.78. The van der Waals surface area contributed by atoms with Crippen molar-refractivity contribution in [1.29, 1.82) is 0 Å². The molecule has 0 spiro atoms.